The summed E-state index contributed by atoms with van der Waals surface area (Å²) in [5.74, 6) is 0.00261. The number of aryl methyl sites for hydroxylation is 1. The Morgan fingerprint density at radius 3 is 2.38 bits per heavy atom. The summed E-state index contributed by atoms with van der Waals surface area (Å²) >= 11 is 0. The number of anilines is 2. The van der Waals surface area contributed by atoms with Gasteiger partial charge in [0.1, 0.15) is 0 Å². The van der Waals surface area contributed by atoms with Crippen molar-refractivity contribution in [3.63, 3.8) is 0 Å². The van der Waals surface area contributed by atoms with E-state index >= 15 is 0 Å². The number of urea groups is 1. The number of carbonyl (C=O) groups excluding carboxylic acids is 2. The quantitative estimate of drug-likeness (QED) is 0.736. The van der Waals surface area contributed by atoms with Crippen LogP contribution < -0.4 is 16.0 Å². The molecule has 0 aliphatic carbocycles. The molecule has 2 saturated heterocycles. The fourth-order valence-corrected chi connectivity index (χ4v) is 4.41. The number of fused-ring (bicyclic) bond motifs is 2. The first-order chi connectivity index (χ1) is 14.0. The van der Waals surface area contributed by atoms with Crippen molar-refractivity contribution in [1.82, 2.24) is 10.2 Å². The standard InChI is InChI=1S/C23H28N4O2/c1-15-8-9-16(12-21(15)26-23(29)25-17-6-4-3-5-7-17)22(28)27(2)20-13-18-10-11-19(14-20)24-18/h3-9,12,18-20,24H,10-11,13-14H2,1-2H3,(H2,25,26,29). The van der Waals surface area contributed by atoms with E-state index in [4.69, 9.17) is 0 Å². The summed E-state index contributed by atoms with van der Waals surface area (Å²) in [5, 5.41) is 9.29. The van der Waals surface area contributed by atoms with E-state index in [-0.39, 0.29) is 18.0 Å². The summed E-state index contributed by atoms with van der Waals surface area (Å²) < 4.78 is 0. The van der Waals surface area contributed by atoms with Crippen LogP contribution in [0.4, 0.5) is 16.2 Å². The van der Waals surface area contributed by atoms with E-state index in [1.165, 1.54) is 12.8 Å². The molecule has 2 fully saturated rings. The topological polar surface area (TPSA) is 73.5 Å². The molecule has 0 aromatic heterocycles. The van der Waals surface area contributed by atoms with Crippen LogP contribution in [0.5, 0.6) is 0 Å². The van der Waals surface area contributed by atoms with Crippen molar-refractivity contribution >= 4 is 23.3 Å². The maximum atomic E-state index is 13.1. The lowest BCUT2D eigenvalue weighted by Crippen LogP contribution is -2.48. The minimum atomic E-state index is -0.327. The highest BCUT2D eigenvalue weighted by Gasteiger charge is 2.36. The number of piperidine rings is 1. The summed E-state index contributed by atoms with van der Waals surface area (Å²) in [6.07, 6.45) is 4.43. The van der Waals surface area contributed by atoms with E-state index in [0.29, 0.717) is 23.3 Å². The first-order valence-corrected chi connectivity index (χ1v) is 10.3. The molecule has 6 nitrogen and oxygen atoms in total. The van der Waals surface area contributed by atoms with E-state index < -0.39 is 0 Å². The molecule has 0 saturated carbocycles. The van der Waals surface area contributed by atoms with Gasteiger partial charge in [0.25, 0.3) is 5.91 Å². The fraction of sp³-hybridized carbons (Fsp3) is 0.391. The number of nitrogens with zero attached hydrogens (tertiary/aromatic N) is 1. The Hall–Kier alpha value is -2.86. The van der Waals surface area contributed by atoms with Crippen LogP contribution in [0.15, 0.2) is 48.5 Å². The predicted molar refractivity (Wildman–Crippen MR) is 115 cm³/mol. The molecule has 2 aliphatic heterocycles. The molecule has 4 rings (SSSR count). The highest BCUT2D eigenvalue weighted by molar-refractivity contribution is 6.02. The summed E-state index contributed by atoms with van der Waals surface area (Å²) in [6.45, 7) is 1.92. The van der Waals surface area contributed by atoms with Gasteiger partial charge in [-0.1, -0.05) is 24.3 Å². The van der Waals surface area contributed by atoms with Gasteiger partial charge in [-0.3, -0.25) is 4.79 Å². The number of amides is 3. The second-order valence-electron chi connectivity index (χ2n) is 8.15. The minimum absolute atomic E-state index is 0.00261. The van der Waals surface area contributed by atoms with Gasteiger partial charge in [-0.05, 0) is 62.4 Å². The zero-order chi connectivity index (χ0) is 20.4. The van der Waals surface area contributed by atoms with E-state index in [1.807, 2.05) is 61.3 Å². The molecule has 2 heterocycles. The number of para-hydroxylation sites is 1. The van der Waals surface area contributed by atoms with Gasteiger partial charge in [-0.15, -0.1) is 0 Å². The van der Waals surface area contributed by atoms with Gasteiger partial charge in [0, 0.05) is 42.1 Å². The lowest BCUT2D eigenvalue weighted by Gasteiger charge is -2.35. The van der Waals surface area contributed by atoms with Crippen molar-refractivity contribution in [3.05, 3.63) is 59.7 Å². The number of nitrogens with one attached hydrogen (secondary N) is 3. The highest BCUT2D eigenvalue weighted by atomic mass is 16.2. The van der Waals surface area contributed by atoms with Gasteiger partial charge >= 0.3 is 6.03 Å². The SMILES string of the molecule is Cc1ccc(C(=O)N(C)C2CC3CCC(C2)N3)cc1NC(=O)Nc1ccccc1. The maximum Gasteiger partial charge on any atom is 0.323 e. The van der Waals surface area contributed by atoms with Crippen molar-refractivity contribution in [1.29, 1.82) is 0 Å². The fourth-order valence-electron chi connectivity index (χ4n) is 4.41. The Kier molecular flexibility index (Phi) is 5.53. The van der Waals surface area contributed by atoms with Gasteiger partial charge in [-0.2, -0.15) is 0 Å². The Bertz CT molecular complexity index is 887. The summed E-state index contributed by atoms with van der Waals surface area (Å²) in [6, 6.07) is 15.8. The normalized spacial score (nSPS) is 22.8. The molecule has 152 valence electrons. The van der Waals surface area contributed by atoms with E-state index in [1.54, 1.807) is 6.07 Å². The first kappa shape index (κ1) is 19.5. The summed E-state index contributed by atoms with van der Waals surface area (Å²) in [7, 11) is 1.90. The third kappa shape index (κ3) is 4.43. The first-order valence-electron chi connectivity index (χ1n) is 10.3. The Labute approximate surface area is 171 Å². The predicted octanol–water partition coefficient (Wildman–Crippen LogP) is 3.99. The van der Waals surface area contributed by atoms with Crippen molar-refractivity contribution in [3.8, 4) is 0 Å². The van der Waals surface area contributed by atoms with Gasteiger partial charge in [0.2, 0.25) is 0 Å². The van der Waals surface area contributed by atoms with Crippen LogP contribution in [0, 0.1) is 6.92 Å². The van der Waals surface area contributed by atoms with Crippen LogP contribution in [-0.4, -0.2) is 42.0 Å². The zero-order valence-electron chi connectivity index (χ0n) is 16.9. The van der Waals surface area contributed by atoms with Crippen molar-refractivity contribution < 1.29 is 9.59 Å². The van der Waals surface area contributed by atoms with E-state index in [2.05, 4.69) is 16.0 Å². The molecule has 3 N–H and O–H groups in total. The molecule has 2 aromatic carbocycles. The maximum absolute atomic E-state index is 13.1. The molecule has 2 bridgehead atoms. The van der Waals surface area contributed by atoms with Crippen LogP contribution in [-0.2, 0) is 0 Å². The third-order valence-corrected chi connectivity index (χ3v) is 6.08. The number of rotatable bonds is 4. The second kappa shape index (κ2) is 8.25. The van der Waals surface area contributed by atoms with Crippen LogP contribution in [0.25, 0.3) is 0 Å². The monoisotopic (exact) mass is 392 g/mol. The van der Waals surface area contributed by atoms with Crippen molar-refractivity contribution in [2.45, 2.75) is 50.7 Å². The average Bonchev–Trinajstić information content (AvgIpc) is 3.06. The molecule has 6 heteroatoms. The lowest BCUT2D eigenvalue weighted by molar-refractivity contribution is 0.0681. The molecule has 29 heavy (non-hydrogen) atoms. The molecular formula is C23H28N4O2. The number of benzene rings is 2. The molecule has 0 spiro atoms. The van der Waals surface area contributed by atoms with Gasteiger partial charge in [-0.25, -0.2) is 4.79 Å². The second-order valence-corrected chi connectivity index (χ2v) is 8.15. The van der Waals surface area contributed by atoms with E-state index in [0.717, 1.165) is 24.1 Å². The smallest absolute Gasteiger partial charge is 0.323 e. The third-order valence-electron chi connectivity index (χ3n) is 6.08. The van der Waals surface area contributed by atoms with E-state index in [9.17, 15) is 9.59 Å². The molecule has 3 amide bonds. The molecule has 2 unspecified atom stereocenters. The van der Waals surface area contributed by atoms with Gasteiger partial charge < -0.3 is 20.9 Å². The highest BCUT2D eigenvalue weighted by Crippen LogP contribution is 2.30. The van der Waals surface area contributed by atoms with Gasteiger partial charge in [0.15, 0.2) is 0 Å². The lowest BCUT2D eigenvalue weighted by atomic mass is 9.97. The number of carbonyl (C=O) groups is 2. The Morgan fingerprint density at radius 1 is 1.00 bits per heavy atom. The van der Waals surface area contributed by atoms with Crippen LogP contribution in [0.2, 0.25) is 0 Å². The zero-order valence-corrected chi connectivity index (χ0v) is 16.9. The molecule has 2 aliphatic rings. The number of hydrogen-bond donors (Lipinski definition) is 3. The summed E-state index contributed by atoms with van der Waals surface area (Å²) in [4.78, 5) is 27.3. The van der Waals surface area contributed by atoms with Crippen LogP contribution in [0.3, 0.4) is 0 Å². The Balaban J connectivity index is 1.44. The molecule has 0 radical (unpaired) electrons. The average molecular weight is 393 g/mol. The number of hydrogen-bond acceptors (Lipinski definition) is 3. The minimum Gasteiger partial charge on any atom is -0.339 e. The molecule has 2 atom stereocenters. The molecular weight excluding hydrogens is 364 g/mol. The van der Waals surface area contributed by atoms with Crippen LogP contribution in [0.1, 0.15) is 41.6 Å². The van der Waals surface area contributed by atoms with Crippen molar-refractivity contribution in [2.24, 2.45) is 0 Å². The van der Waals surface area contributed by atoms with Crippen LogP contribution >= 0.6 is 0 Å². The van der Waals surface area contributed by atoms with Crippen molar-refractivity contribution in [2.75, 3.05) is 17.7 Å². The summed E-state index contributed by atoms with van der Waals surface area (Å²) in [5.41, 5.74) is 2.87. The molecule has 2 aromatic rings. The largest absolute Gasteiger partial charge is 0.339 e. The Morgan fingerprint density at radius 2 is 1.69 bits per heavy atom. The van der Waals surface area contributed by atoms with Gasteiger partial charge in [0.05, 0.1) is 0 Å².